The molecule has 25 heavy (non-hydrogen) atoms. The van der Waals surface area contributed by atoms with Gasteiger partial charge in [0.15, 0.2) is 5.65 Å². The Morgan fingerprint density at radius 1 is 1.32 bits per heavy atom. The third-order valence-corrected chi connectivity index (χ3v) is 4.29. The quantitative estimate of drug-likeness (QED) is 0.763. The molecular weight excluding hydrogens is 322 g/mol. The van der Waals surface area contributed by atoms with Gasteiger partial charge in [-0.05, 0) is 12.5 Å². The minimum Gasteiger partial charge on any atom is -0.310 e. The van der Waals surface area contributed by atoms with E-state index in [1.54, 1.807) is 58.1 Å². The molecule has 128 valence electrons. The summed E-state index contributed by atoms with van der Waals surface area (Å²) < 4.78 is 3.26. The number of rotatable bonds is 3. The van der Waals surface area contributed by atoms with Crippen molar-refractivity contribution in [3.8, 4) is 0 Å². The van der Waals surface area contributed by atoms with Gasteiger partial charge in [-0.3, -0.25) is 14.3 Å². The average molecular weight is 339 g/mol. The van der Waals surface area contributed by atoms with Crippen molar-refractivity contribution >= 4 is 29.0 Å². The third kappa shape index (κ3) is 2.95. The summed E-state index contributed by atoms with van der Waals surface area (Å²) in [5.41, 5.74) is 1.37. The lowest BCUT2D eigenvalue weighted by molar-refractivity contribution is -0.124. The molecule has 0 aliphatic carbocycles. The molecule has 9 nitrogen and oxygen atoms in total. The summed E-state index contributed by atoms with van der Waals surface area (Å²) in [6.45, 7) is 0.339. The highest BCUT2D eigenvalue weighted by molar-refractivity contribution is 5.98. The summed E-state index contributed by atoms with van der Waals surface area (Å²) in [4.78, 5) is 30.7. The normalized spacial score (nSPS) is 17.9. The molecule has 1 aliphatic rings. The predicted molar refractivity (Wildman–Crippen MR) is 89.9 cm³/mol. The molecule has 1 saturated heterocycles. The fourth-order valence-electron chi connectivity index (χ4n) is 2.97. The summed E-state index contributed by atoms with van der Waals surface area (Å²) in [5, 5.41) is 11.0. The molecule has 1 unspecified atom stereocenters. The van der Waals surface area contributed by atoms with E-state index >= 15 is 0 Å². The number of aromatic nitrogens is 5. The van der Waals surface area contributed by atoms with Crippen LogP contribution in [0.1, 0.15) is 12.8 Å². The third-order valence-electron chi connectivity index (χ3n) is 4.29. The molecule has 1 N–H and O–H groups in total. The zero-order valence-corrected chi connectivity index (χ0v) is 13.7. The van der Waals surface area contributed by atoms with Crippen LogP contribution in [-0.4, -0.2) is 42.7 Å². The molecule has 2 amide bonds. The van der Waals surface area contributed by atoms with E-state index in [-0.39, 0.29) is 17.7 Å². The van der Waals surface area contributed by atoms with Crippen LogP contribution >= 0.6 is 0 Å². The lowest BCUT2D eigenvalue weighted by Gasteiger charge is -2.30. The Morgan fingerprint density at radius 3 is 3.00 bits per heavy atom. The van der Waals surface area contributed by atoms with Gasteiger partial charge in [0, 0.05) is 38.5 Å². The Labute approximate surface area is 143 Å². The lowest BCUT2D eigenvalue weighted by Crippen LogP contribution is -2.44. The second-order valence-corrected chi connectivity index (χ2v) is 6.05. The standard InChI is InChI=1S/C16H17N7O2/c1-21-10-12(8-18-21)22-9-11(2-3-15(22)24)16(25)20-13-5-7-23-14(19-13)4-6-17-23/h4-8,10-11H,2-3,9H2,1H3,(H,19,20,25). The van der Waals surface area contributed by atoms with Crippen molar-refractivity contribution in [2.45, 2.75) is 12.8 Å². The molecule has 4 rings (SSSR count). The largest absolute Gasteiger partial charge is 0.310 e. The maximum Gasteiger partial charge on any atom is 0.230 e. The van der Waals surface area contributed by atoms with Gasteiger partial charge in [0.2, 0.25) is 11.8 Å². The Balaban J connectivity index is 1.48. The van der Waals surface area contributed by atoms with Crippen molar-refractivity contribution in [3.63, 3.8) is 0 Å². The first-order valence-corrected chi connectivity index (χ1v) is 8.00. The van der Waals surface area contributed by atoms with E-state index < -0.39 is 0 Å². The smallest absolute Gasteiger partial charge is 0.230 e. The molecule has 4 heterocycles. The second-order valence-electron chi connectivity index (χ2n) is 6.05. The highest BCUT2D eigenvalue weighted by atomic mass is 16.2. The van der Waals surface area contributed by atoms with E-state index in [9.17, 15) is 9.59 Å². The van der Waals surface area contributed by atoms with E-state index in [0.29, 0.717) is 36.5 Å². The van der Waals surface area contributed by atoms with Gasteiger partial charge in [0.05, 0.1) is 24.0 Å². The van der Waals surface area contributed by atoms with E-state index in [1.807, 2.05) is 0 Å². The first-order chi connectivity index (χ1) is 12.1. The number of fused-ring (bicyclic) bond motifs is 1. The predicted octanol–water partition coefficient (Wildman–Crippen LogP) is 0.844. The summed E-state index contributed by atoms with van der Waals surface area (Å²) >= 11 is 0. The van der Waals surface area contributed by atoms with Gasteiger partial charge in [-0.1, -0.05) is 0 Å². The second kappa shape index (κ2) is 6.00. The van der Waals surface area contributed by atoms with Crippen molar-refractivity contribution in [2.75, 3.05) is 16.8 Å². The van der Waals surface area contributed by atoms with Gasteiger partial charge in [0.25, 0.3) is 0 Å². The van der Waals surface area contributed by atoms with Gasteiger partial charge in [-0.15, -0.1) is 0 Å². The van der Waals surface area contributed by atoms with Gasteiger partial charge in [-0.2, -0.15) is 10.2 Å². The number of hydrogen-bond donors (Lipinski definition) is 1. The topological polar surface area (TPSA) is 97.4 Å². The summed E-state index contributed by atoms with van der Waals surface area (Å²) in [6, 6.07) is 3.46. The van der Waals surface area contributed by atoms with Crippen LogP contribution in [0.2, 0.25) is 0 Å². The number of nitrogens with one attached hydrogen (secondary N) is 1. The lowest BCUT2D eigenvalue weighted by atomic mass is 9.96. The molecule has 1 fully saturated rings. The van der Waals surface area contributed by atoms with Crippen LogP contribution in [0.25, 0.3) is 5.65 Å². The zero-order valence-electron chi connectivity index (χ0n) is 13.7. The SMILES string of the molecule is Cn1cc(N2CC(C(=O)Nc3ccn4nccc4n3)CCC2=O)cn1. The van der Waals surface area contributed by atoms with Gasteiger partial charge in [-0.25, -0.2) is 9.50 Å². The van der Waals surface area contributed by atoms with Gasteiger partial charge >= 0.3 is 0 Å². The van der Waals surface area contributed by atoms with E-state index in [1.165, 1.54) is 0 Å². The molecule has 1 atom stereocenters. The number of nitrogens with zero attached hydrogens (tertiary/aromatic N) is 6. The number of anilines is 2. The molecule has 0 saturated carbocycles. The number of piperidine rings is 1. The van der Waals surface area contributed by atoms with E-state index in [2.05, 4.69) is 20.5 Å². The van der Waals surface area contributed by atoms with E-state index in [4.69, 9.17) is 0 Å². The number of aryl methyl sites for hydroxylation is 1. The Bertz CT molecular complexity index is 945. The highest BCUT2D eigenvalue weighted by Crippen LogP contribution is 2.24. The van der Waals surface area contributed by atoms with Crippen molar-refractivity contribution in [1.29, 1.82) is 0 Å². The first kappa shape index (κ1) is 15.3. The average Bonchev–Trinajstić information content (AvgIpc) is 3.23. The fourth-order valence-corrected chi connectivity index (χ4v) is 2.97. The van der Waals surface area contributed by atoms with Crippen molar-refractivity contribution in [3.05, 3.63) is 36.9 Å². The fraction of sp³-hybridized carbons (Fsp3) is 0.312. The van der Waals surface area contributed by atoms with Crippen LogP contribution in [0, 0.1) is 5.92 Å². The Morgan fingerprint density at radius 2 is 2.20 bits per heavy atom. The monoisotopic (exact) mass is 339 g/mol. The molecule has 3 aromatic heterocycles. The van der Waals surface area contributed by atoms with Crippen LogP contribution in [-0.2, 0) is 16.6 Å². The summed E-state index contributed by atoms with van der Waals surface area (Å²) in [6.07, 6.45) is 7.65. The molecule has 0 bridgehead atoms. The number of carbonyl (C=O) groups excluding carboxylic acids is 2. The molecule has 9 heteroatoms. The van der Waals surface area contributed by atoms with Crippen LogP contribution in [0.5, 0.6) is 0 Å². The Hall–Kier alpha value is -3.23. The number of amides is 2. The van der Waals surface area contributed by atoms with Gasteiger partial charge in [0.1, 0.15) is 5.82 Å². The van der Waals surface area contributed by atoms with Crippen LogP contribution in [0.4, 0.5) is 11.5 Å². The molecule has 0 spiro atoms. The van der Waals surface area contributed by atoms with Crippen LogP contribution in [0.15, 0.2) is 36.9 Å². The minimum absolute atomic E-state index is 0.0101. The van der Waals surface area contributed by atoms with Crippen LogP contribution in [0.3, 0.4) is 0 Å². The van der Waals surface area contributed by atoms with E-state index in [0.717, 1.165) is 0 Å². The molecule has 0 aromatic carbocycles. The number of hydrogen-bond acceptors (Lipinski definition) is 5. The molecule has 3 aromatic rings. The van der Waals surface area contributed by atoms with Gasteiger partial charge < -0.3 is 10.2 Å². The maximum absolute atomic E-state index is 12.6. The first-order valence-electron chi connectivity index (χ1n) is 8.00. The maximum atomic E-state index is 12.6. The summed E-state index contributed by atoms with van der Waals surface area (Å²) in [7, 11) is 1.79. The molecule has 1 aliphatic heterocycles. The van der Waals surface area contributed by atoms with Crippen molar-refractivity contribution in [1.82, 2.24) is 24.4 Å². The highest BCUT2D eigenvalue weighted by Gasteiger charge is 2.31. The molecule has 0 radical (unpaired) electrons. The Kier molecular flexibility index (Phi) is 3.68. The van der Waals surface area contributed by atoms with Crippen LogP contribution < -0.4 is 10.2 Å². The summed E-state index contributed by atoms with van der Waals surface area (Å²) in [5.74, 6) is 0.0530. The molecular formula is C16H17N7O2. The van der Waals surface area contributed by atoms with Crippen molar-refractivity contribution < 1.29 is 9.59 Å². The number of carbonyl (C=O) groups is 2. The zero-order chi connectivity index (χ0) is 17.4. The minimum atomic E-state index is -0.291. The van der Waals surface area contributed by atoms with Crippen molar-refractivity contribution in [2.24, 2.45) is 13.0 Å².